The molecule has 0 saturated heterocycles. The molecule has 2 aromatic rings. The fourth-order valence-corrected chi connectivity index (χ4v) is 4.77. The van der Waals surface area contributed by atoms with E-state index >= 15 is 0 Å². The highest BCUT2D eigenvalue weighted by atomic mass is 32.1. The van der Waals surface area contributed by atoms with Crippen molar-refractivity contribution in [1.29, 1.82) is 5.26 Å². The number of amides is 2. The van der Waals surface area contributed by atoms with Crippen molar-refractivity contribution in [3.05, 3.63) is 51.7 Å². The third-order valence-electron chi connectivity index (χ3n) is 4.95. The predicted molar refractivity (Wildman–Crippen MR) is 102 cm³/mol. The van der Waals surface area contributed by atoms with Crippen LogP contribution in [0.3, 0.4) is 0 Å². The summed E-state index contributed by atoms with van der Waals surface area (Å²) in [5, 5.41) is 13.8. The molecule has 0 radical (unpaired) electrons. The van der Waals surface area contributed by atoms with Gasteiger partial charge in [-0.05, 0) is 42.3 Å². The third-order valence-corrected chi connectivity index (χ3v) is 5.95. The molecule has 5 nitrogen and oxygen atoms in total. The van der Waals surface area contributed by atoms with Crippen molar-refractivity contribution in [2.45, 2.75) is 38.0 Å². The second-order valence-electron chi connectivity index (χ2n) is 6.59. The van der Waals surface area contributed by atoms with Crippen LogP contribution in [-0.2, 0) is 4.79 Å². The molecular formula is C20H21N3O2S. The largest absolute Gasteiger partial charge is 0.369 e. The van der Waals surface area contributed by atoms with Gasteiger partial charge in [-0.1, -0.05) is 31.4 Å². The van der Waals surface area contributed by atoms with Crippen LogP contribution in [0.1, 0.15) is 58.8 Å². The summed E-state index contributed by atoms with van der Waals surface area (Å²) in [5.41, 5.74) is 7.05. The van der Waals surface area contributed by atoms with E-state index < -0.39 is 5.92 Å². The lowest BCUT2D eigenvalue weighted by Crippen LogP contribution is -2.30. The molecule has 2 amide bonds. The average molecular weight is 367 g/mol. The number of para-hydroxylation sites is 1. The van der Waals surface area contributed by atoms with Gasteiger partial charge in [-0.2, -0.15) is 5.26 Å². The number of rotatable bonds is 5. The number of carbonyl (C=O) groups is 2. The molecule has 0 bridgehead atoms. The molecule has 1 atom stereocenters. The minimum Gasteiger partial charge on any atom is -0.369 e. The van der Waals surface area contributed by atoms with Crippen LogP contribution in [-0.4, -0.2) is 11.8 Å². The van der Waals surface area contributed by atoms with Gasteiger partial charge in [0, 0.05) is 4.88 Å². The molecule has 1 aliphatic rings. The summed E-state index contributed by atoms with van der Waals surface area (Å²) in [6.07, 6.45) is 5.30. The Morgan fingerprint density at radius 2 is 1.92 bits per heavy atom. The van der Waals surface area contributed by atoms with Crippen molar-refractivity contribution in [1.82, 2.24) is 0 Å². The van der Waals surface area contributed by atoms with Gasteiger partial charge in [-0.3, -0.25) is 9.59 Å². The summed E-state index contributed by atoms with van der Waals surface area (Å²) in [6.45, 7) is 0. The Bertz CT molecular complexity index is 847. The highest BCUT2D eigenvalue weighted by Crippen LogP contribution is 2.39. The third kappa shape index (κ3) is 3.78. The number of hydrogen-bond acceptors (Lipinski definition) is 4. The van der Waals surface area contributed by atoms with Crippen LogP contribution in [0, 0.1) is 17.2 Å². The van der Waals surface area contributed by atoms with E-state index in [-0.39, 0.29) is 17.7 Å². The highest BCUT2D eigenvalue weighted by molar-refractivity contribution is 7.10. The van der Waals surface area contributed by atoms with E-state index in [2.05, 4.69) is 11.4 Å². The van der Waals surface area contributed by atoms with Crippen LogP contribution < -0.4 is 11.1 Å². The van der Waals surface area contributed by atoms with E-state index in [0.29, 0.717) is 16.8 Å². The zero-order valence-corrected chi connectivity index (χ0v) is 15.2. The number of hydrogen-bond donors (Lipinski definition) is 2. The minimum atomic E-state index is -0.428. The normalized spacial score (nSPS) is 15.8. The fourth-order valence-electron chi connectivity index (χ4n) is 3.67. The lowest BCUT2D eigenvalue weighted by Gasteiger charge is -2.28. The lowest BCUT2D eigenvalue weighted by atomic mass is 9.78. The summed E-state index contributed by atoms with van der Waals surface area (Å²) >= 11 is 1.40. The van der Waals surface area contributed by atoms with Gasteiger partial charge in [-0.25, -0.2) is 0 Å². The van der Waals surface area contributed by atoms with Gasteiger partial charge in [0.25, 0.3) is 5.91 Å². The van der Waals surface area contributed by atoms with Gasteiger partial charge in [0.15, 0.2) is 0 Å². The first-order valence-electron chi connectivity index (χ1n) is 8.79. The van der Waals surface area contributed by atoms with Crippen LogP contribution >= 0.6 is 11.3 Å². The molecule has 1 unspecified atom stereocenters. The molecule has 26 heavy (non-hydrogen) atoms. The number of nitriles is 1. The second kappa shape index (κ2) is 8.15. The quantitative estimate of drug-likeness (QED) is 0.835. The first-order valence-corrected chi connectivity index (χ1v) is 9.67. The van der Waals surface area contributed by atoms with Crippen molar-refractivity contribution >= 4 is 28.8 Å². The van der Waals surface area contributed by atoms with Crippen LogP contribution in [0.25, 0.3) is 0 Å². The predicted octanol–water partition coefficient (Wildman–Crippen LogP) is 4.02. The Hall–Kier alpha value is -2.65. The first kappa shape index (κ1) is 18.2. The molecule has 1 aromatic carbocycles. The molecule has 1 aliphatic carbocycles. The maximum atomic E-state index is 12.8. The van der Waals surface area contributed by atoms with Gasteiger partial charge >= 0.3 is 0 Å². The Morgan fingerprint density at radius 1 is 1.19 bits per heavy atom. The molecule has 3 N–H and O–H groups in total. The number of nitrogens with two attached hydrogens (primary N) is 1. The maximum absolute atomic E-state index is 12.8. The molecule has 1 saturated carbocycles. The van der Waals surface area contributed by atoms with E-state index in [1.54, 1.807) is 30.3 Å². The zero-order chi connectivity index (χ0) is 18.5. The van der Waals surface area contributed by atoms with Crippen molar-refractivity contribution in [3.8, 4) is 6.07 Å². The number of nitrogens with zero attached hydrogens (tertiary/aromatic N) is 1. The standard InChI is InChI=1S/C20H21N3O2S/c21-12-14-8-4-5-9-16(14)23-20(25)15-10-11-26-18(15)17(19(22)24)13-6-2-1-3-7-13/h4-5,8-11,13,17H,1-3,6-7H2,(H2,22,24)(H,23,25). The smallest absolute Gasteiger partial charge is 0.256 e. The van der Waals surface area contributed by atoms with Crippen molar-refractivity contribution in [2.24, 2.45) is 11.7 Å². The average Bonchev–Trinajstić information content (AvgIpc) is 3.12. The molecule has 1 heterocycles. The summed E-state index contributed by atoms with van der Waals surface area (Å²) in [7, 11) is 0. The van der Waals surface area contributed by atoms with Crippen LogP contribution in [0.4, 0.5) is 5.69 Å². The van der Waals surface area contributed by atoms with Crippen molar-refractivity contribution in [2.75, 3.05) is 5.32 Å². The molecule has 0 spiro atoms. The van der Waals surface area contributed by atoms with Crippen molar-refractivity contribution < 1.29 is 9.59 Å². The molecule has 1 fully saturated rings. The number of benzene rings is 1. The first-order chi connectivity index (χ1) is 12.6. The molecule has 1 aromatic heterocycles. The van der Waals surface area contributed by atoms with E-state index in [9.17, 15) is 14.9 Å². The highest BCUT2D eigenvalue weighted by Gasteiger charge is 2.33. The second-order valence-corrected chi connectivity index (χ2v) is 7.54. The van der Waals surface area contributed by atoms with E-state index in [1.807, 2.05) is 5.38 Å². The van der Waals surface area contributed by atoms with E-state index in [0.717, 1.165) is 30.6 Å². The van der Waals surface area contributed by atoms with Gasteiger partial charge < -0.3 is 11.1 Å². The topological polar surface area (TPSA) is 96.0 Å². The van der Waals surface area contributed by atoms with Crippen molar-refractivity contribution in [3.63, 3.8) is 0 Å². The molecule has 134 valence electrons. The monoisotopic (exact) mass is 367 g/mol. The maximum Gasteiger partial charge on any atom is 0.256 e. The number of anilines is 1. The number of nitrogens with one attached hydrogen (secondary N) is 1. The Balaban J connectivity index is 1.88. The van der Waals surface area contributed by atoms with E-state index in [4.69, 9.17) is 5.73 Å². The Morgan fingerprint density at radius 3 is 2.62 bits per heavy atom. The van der Waals surface area contributed by atoms with E-state index in [1.165, 1.54) is 17.8 Å². The number of thiophene rings is 1. The minimum absolute atomic E-state index is 0.192. The van der Waals surface area contributed by atoms with Crippen LogP contribution in [0.5, 0.6) is 0 Å². The number of primary amides is 1. The summed E-state index contributed by atoms with van der Waals surface area (Å²) in [5.74, 6) is -0.920. The summed E-state index contributed by atoms with van der Waals surface area (Å²) in [6, 6.07) is 10.6. The fraction of sp³-hybridized carbons (Fsp3) is 0.350. The Labute approximate surface area is 156 Å². The number of carbonyl (C=O) groups excluding carboxylic acids is 2. The van der Waals surface area contributed by atoms with Crippen LogP contribution in [0.15, 0.2) is 35.7 Å². The van der Waals surface area contributed by atoms with Crippen LogP contribution in [0.2, 0.25) is 0 Å². The summed E-state index contributed by atoms with van der Waals surface area (Å²) < 4.78 is 0. The molecule has 6 heteroatoms. The lowest BCUT2D eigenvalue weighted by molar-refractivity contribution is -0.120. The van der Waals surface area contributed by atoms with Gasteiger partial charge in [-0.15, -0.1) is 11.3 Å². The molecule has 3 rings (SSSR count). The zero-order valence-electron chi connectivity index (χ0n) is 14.4. The summed E-state index contributed by atoms with van der Waals surface area (Å²) in [4.78, 5) is 25.7. The Kier molecular flexibility index (Phi) is 5.69. The SMILES string of the molecule is N#Cc1ccccc1NC(=O)c1ccsc1C(C(N)=O)C1CCCCC1. The van der Waals surface area contributed by atoms with Gasteiger partial charge in [0.1, 0.15) is 6.07 Å². The van der Waals surface area contributed by atoms with Gasteiger partial charge in [0.05, 0.1) is 22.7 Å². The molecule has 0 aliphatic heterocycles. The molecular weight excluding hydrogens is 346 g/mol. The van der Waals surface area contributed by atoms with Gasteiger partial charge in [0.2, 0.25) is 5.91 Å².